The molecule has 2 unspecified atom stereocenters. The van der Waals surface area contributed by atoms with Crippen LogP contribution in [0.5, 0.6) is 5.75 Å². The van der Waals surface area contributed by atoms with Gasteiger partial charge < -0.3 is 4.74 Å². The van der Waals surface area contributed by atoms with Crippen LogP contribution < -0.4 is 4.74 Å². The SMILES string of the molecule is CC(C)CN1CC1COc1cnc2c(F)cccc2c1. The van der Waals surface area contributed by atoms with Crippen molar-refractivity contribution in [3.63, 3.8) is 0 Å². The normalized spacial score (nSPS) is 21.4. The fourth-order valence-electron chi connectivity index (χ4n) is 2.45. The Morgan fingerprint density at radius 3 is 3.10 bits per heavy atom. The molecule has 0 radical (unpaired) electrons. The molecular formula is C16H19FN2O. The largest absolute Gasteiger partial charge is 0.490 e. The molecule has 20 heavy (non-hydrogen) atoms. The van der Waals surface area contributed by atoms with Crippen LogP contribution in [-0.2, 0) is 0 Å². The number of rotatable bonds is 5. The first-order valence-electron chi connectivity index (χ1n) is 7.04. The van der Waals surface area contributed by atoms with Crippen LogP contribution in [0.15, 0.2) is 30.5 Å². The first-order valence-corrected chi connectivity index (χ1v) is 7.04. The van der Waals surface area contributed by atoms with Crippen molar-refractivity contribution >= 4 is 10.9 Å². The third kappa shape index (κ3) is 2.90. The smallest absolute Gasteiger partial charge is 0.149 e. The fourth-order valence-corrected chi connectivity index (χ4v) is 2.45. The topological polar surface area (TPSA) is 25.1 Å². The Balaban J connectivity index is 1.62. The van der Waals surface area contributed by atoms with Gasteiger partial charge in [-0.05, 0) is 18.1 Å². The van der Waals surface area contributed by atoms with Crippen LogP contribution in [0.1, 0.15) is 13.8 Å². The van der Waals surface area contributed by atoms with Crippen LogP contribution in [0, 0.1) is 11.7 Å². The number of pyridine rings is 1. The summed E-state index contributed by atoms with van der Waals surface area (Å²) in [4.78, 5) is 6.53. The van der Waals surface area contributed by atoms with Crippen molar-refractivity contribution in [3.05, 3.63) is 36.3 Å². The van der Waals surface area contributed by atoms with E-state index in [1.807, 2.05) is 12.1 Å². The van der Waals surface area contributed by atoms with Gasteiger partial charge in [-0.2, -0.15) is 0 Å². The highest BCUT2D eigenvalue weighted by Crippen LogP contribution is 2.23. The molecule has 1 saturated heterocycles. The number of aromatic nitrogens is 1. The van der Waals surface area contributed by atoms with Gasteiger partial charge in [0.25, 0.3) is 0 Å². The summed E-state index contributed by atoms with van der Waals surface area (Å²) in [5.74, 6) is 1.10. The van der Waals surface area contributed by atoms with Crippen molar-refractivity contribution in [1.29, 1.82) is 0 Å². The van der Waals surface area contributed by atoms with Gasteiger partial charge in [0.05, 0.1) is 12.2 Å². The Kier molecular flexibility index (Phi) is 3.57. The first-order chi connectivity index (χ1) is 9.63. The summed E-state index contributed by atoms with van der Waals surface area (Å²) in [5.41, 5.74) is 0.396. The average molecular weight is 274 g/mol. The summed E-state index contributed by atoms with van der Waals surface area (Å²) in [6.45, 7) is 7.34. The molecule has 1 fully saturated rings. The van der Waals surface area contributed by atoms with Gasteiger partial charge in [-0.25, -0.2) is 9.37 Å². The van der Waals surface area contributed by atoms with E-state index >= 15 is 0 Å². The predicted molar refractivity (Wildman–Crippen MR) is 77.4 cm³/mol. The number of ether oxygens (including phenoxy) is 1. The highest BCUT2D eigenvalue weighted by molar-refractivity contribution is 5.80. The Hall–Kier alpha value is -1.68. The van der Waals surface area contributed by atoms with Crippen molar-refractivity contribution in [2.24, 2.45) is 5.92 Å². The van der Waals surface area contributed by atoms with Crippen molar-refractivity contribution in [1.82, 2.24) is 9.88 Å². The molecule has 1 aromatic heterocycles. The van der Waals surface area contributed by atoms with Crippen molar-refractivity contribution in [2.75, 3.05) is 19.7 Å². The fraction of sp³-hybridized carbons (Fsp3) is 0.438. The third-order valence-electron chi connectivity index (χ3n) is 3.51. The number of hydrogen-bond donors (Lipinski definition) is 0. The van der Waals surface area contributed by atoms with E-state index in [1.54, 1.807) is 12.3 Å². The number of benzene rings is 1. The average Bonchev–Trinajstić information content (AvgIpc) is 3.14. The van der Waals surface area contributed by atoms with Crippen LogP contribution in [0.25, 0.3) is 10.9 Å². The van der Waals surface area contributed by atoms with Crippen LogP contribution in [-0.4, -0.2) is 35.6 Å². The molecule has 1 aromatic carbocycles. The number of fused-ring (bicyclic) bond motifs is 1. The molecule has 1 aliphatic heterocycles. The molecule has 0 saturated carbocycles. The number of halogens is 1. The zero-order valence-electron chi connectivity index (χ0n) is 11.8. The minimum absolute atomic E-state index is 0.292. The van der Waals surface area contributed by atoms with E-state index in [-0.39, 0.29) is 5.82 Å². The molecular weight excluding hydrogens is 255 g/mol. The molecule has 0 bridgehead atoms. The number of para-hydroxylation sites is 1. The maximum atomic E-state index is 13.5. The molecule has 3 nitrogen and oxygen atoms in total. The monoisotopic (exact) mass is 274 g/mol. The summed E-state index contributed by atoms with van der Waals surface area (Å²) in [6, 6.07) is 7.32. The lowest BCUT2D eigenvalue weighted by molar-refractivity contribution is 0.287. The molecule has 106 valence electrons. The summed E-state index contributed by atoms with van der Waals surface area (Å²) in [7, 11) is 0. The maximum absolute atomic E-state index is 13.5. The van der Waals surface area contributed by atoms with Crippen molar-refractivity contribution < 1.29 is 9.13 Å². The molecule has 0 aliphatic carbocycles. The van der Waals surface area contributed by atoms with Gasteiger partial charge in [0.2, 0.25) is 0 Å². The van der Waals surface area contributed by atoms with E-state index in [1.165, 1.54) is 6.07 Å². The lowest BCUT2D eigenvalue weighted by Crippen LogP contribution is -2.14. The molecule has 3 rings (SSSR count). The summed E-state index contributed by atoms with van der Waals surface area (Å²) in [6.07, 6.45) is 1.60. The van der Waals surface area contributed by atoms with Gasteiger partial charge in [-0.1, -0.05) is 26.0 Å². The van der Waals surface area contributed by atoms with Crippen LogP contribution in [0.3, 0.4) is 0 Å². The quantitative estimate of drug-likeness (QED) is 0.783. The maximum Gasteiger partial charge on any atom is 0.149 e. The lowest BCUT2D eigenvalue weighted by atomic mass is 10.2. The molecule has 2 atom stereocenters. The van der Waals surface area contributed by atoms with Gasteiger partial charge in [-0.3, -0.25) is 4.90 Å². The van der Waals surface area contributed by atoms with E-state index in [0.29, 0.717) is 29.8 Å². The summed E-state index contributed by atoms with van der Waals surface area (Å²) in [5, 5.41) is 0.775. The second-order valence-corrected chi connectivity index (χ2v) is 5.80. The van der Waals surface area contributed by atoms with Gasteiger partial charge in [0, 0.05) is 18.5 Å². The van der Waals surface area contributed by atoms with Gasteiger partial charge >= 0.3 is 0 Å². The Labute approximate surface area is 118 Å². The zero-order valence-corrected chi connectivity index (χ0v) is 11.8. The predicted octanol–water partition coefficient (Wildman–Crippen LogP) is 3.09. The standard InChI is InChI=1S/C16H19FN2O/c1-11(2)8-19-9-13(19)10-20-14-6-12-4-3-5-15(17)16(12)18-7-14/h3-7,11,13H,8-10H2,1-2H3. The molecule has 0 amide bonds. The molecule has 0 spiro atoms. The molecule has 2 aromatic rings. The van der Waals surface area contributed by atoms with Gasteiger partial charge in [0.15, 0.2) is 0 Å². The Morgan fingerprint density at radius 1 is 1.45 bits per heavy atom. The highest BCUT2D eigenvalue weighted by Gasteiger charge is 2.34. The molecule has 1 aliphatic rings. The molecule has 0 N–H and O–H groups in total. The van der Waals surface area contributed by atoms with Gasteiger partial charge in [-0.15, -0.1) is 0 Å². The van der Waals surface area contributed by atoms with Crippen molar-refractivity contribution in [3.8, 4) is 5.75 Å². The second-order valence-electron chi connectivity index (χ2n) is 5.80. The van der Waals surface area contributed by atoms with E-state index < -0.39 is 0 Å². The van der Waals surface area contributed by atoms with Crippen LogP contribution in [0.4, 0.5) is 4.39 Å². The molecule has 4 heteroatoms. The molecule has 2 heterocycles. The zero-order chi connectivity index (χ0) is 14.1. The summed E-state index contributed by atoms with van der Waals surface area (Å²) < 4.78 is 19.3. The van der Waals surface area contributed by atoms with Gasteiger partial charge in [0.1, 0.15) is 23.7 Å². The van der Waals surface area contributed by atoms with E-state index in [0.717, 1.165) is 18.5 Å². The Morgan fingerprint density at radius 2 is 2.30 bits per heavy atom. The first kappa shape index (κ1) is 13.3. The second kappa shape index (κ2) is 5.37. The minimum atomic E-state index is -0.292. The lowest BCUT2D eigenvalue weighted by Gasteiger charge is -2.09. The third-order valence-corrected chi connectivity index (χ3v) is 3.51. The van der Waals surface area contributed by atoms with Crippen LogP contribution >= 0.6 is 0 Å². The van der Waals surface area contributed by atoms with Crippen molar-refractivity contribution in [2.45, 2.75) is 19.9 Å². The number of nitrogens with zero attached hydrogens (tertiary/aromatic N) is 2. The van der Waals surface area contributed by atoms with E-state index in [4.69, 9.17) is 4.74 Å². The van der Waals surface area contributed by atoms with Crippen LogP contribution in [0.2, 0.25) is 0 Å². The Bertz CT molecular complexity index is 614. The highest BCUT2D eigenvalue weighted by atomic mass is 19.1. The van der Waals surface area contributed by atoms with E-state index in [9.17, 15) is 4.39 Å². The summed E-state index contributed by atoms with van der Waals surface area (Å²) >= 11 is 0. The van der Waals surface area contributed by atoms with E-state index in [2.05, 4.69) is 23.7 Å². The minimum Gasteiger partial charge on any atom is -0.490 e. The number of hydrogen-bond acceptors (Lipinski definition) is 3.